The summed E-state index contributed by atoms with van der Waals surface area (Å²) in [7, 11) is 0. The van der Waals surface area contributed by atoms with E-state index in [9.17, 15) is 0 Å². The number of likely N-dealkylation sites (tertiary alicyclic amines) is 1. The predicted molar refractivity (Wildman–Crippen MR) is 50.0 cm³/mol. The first-order valence-electron chi connectivity index (χ1n) is 4.19. The van der Waals surface area contributed by atoms with Crippen LogP contribution in [0.15, 0.2) is 10.9 Å². The number of thiazole rings is 1. The van der Waals surface area contributed by atoms with Crippen molar-refractivity contribution in [3.63, 3.8) is 0 Å². The first kappa shape index (κ1) is 8.16. The van der Waals surface area contributed by atoms with Crippen molar-refractivity contribution in [1.82, 2.24) is 9.88 Å². The van der Waals surface area contributed by atoms with Gasteiger partial charge in [0.1, 0.15) is 0 Å². The van der Waals surface area contributed by atoms with Gasteiger partial charge in [0.2, 0.25) is 0 Å². The number of nitrogens with two attached hydrogens (primary N) is 1. The smallest absolute Gasteiger partial charge is 0.0795 e. The van der Waals surface area contributed by atoms with Crippen LogP contribution in [0.3, 0.4) is 0 Å². The Morgan fingerprint density at radius 2 is 2.67 bits per heavy atom. The summed E-state index contributed by atoms with van der Waals surface area (Å²) >= 11 is 1.65. The Balaban J connectivity index is 1.88. The maximum atomic E-state index is 5.79. The zero-order valence-corrected chi connectivity index (χ0v) is 7.76. The Morgan fingerprint density at radius 1 is 1.75 bits per heavy atom. The Kier molecular flexibility index (Phi) is 2.39. The molecule has 2 N–H and O–H groups in total. The summed E-state index contributed by atoms with van der Waals surface area (Å²) in [6, 6.07) is 0.378. The third-order valence-electron chi connectivity index (χ3n) is 2.18. The molecule has 1 atom stereocenters. The zero-order valence-electron chi connectivity index (χ0n) is 6.94. The highest BCUT2D eigenvalue weighted by Gasteiger charge is 2.18. The van der Waals surface area contributed by atoms with Crippen molar-refractivity contribution < 1.29 is 0 Å². The number of nitrogens with zero attached hydrogens (tertiary/aromatic N) is 2. The normalized spacial score (nSPS) is 24.9. The molecule has 0 aliphatic carbocycles. The standard InChI is InChI=1S/C8H13N3S/c9-7-1-2-11(3-7)4-8-5-12-6-10-8/h5-7H,1-4,9H2/t7-/m1/s1. The number of aromatic nitrogens is 1. The minimum atomic E-state index is 0.378. The predicted octanol–water partition coefficient (Wildman–Crippen LogP) is 0.676. The van der Waals surface area contributed by atoms with Crippen molar-refractivity contribution in [3.05, 3.63) is 16.6 Å². The molecule has 3 nitrogen and oxygen atoms in total. The van der Waals surface area contributed by atoms with Gasteiger partial charge in [-0.05, 0) is 6.42 Å². The summed E-state index contributed by atoms with van der Waals surface area (Å²) in [6.07, 6.45) is 1.13. The molecule has 0 aromatic carbocycles. The largest absolute Gasteiger partial charge is 0.326 e. The van der Waals surface area contributed by atoms with Crippen molar-refractivity contribution in [3.8, 4) is 0 Å². The summed E-state index contributed by atoms with van der Waals surface area (Å²) in [5.74, 6) is 0. The average Bonchev–Trinajstić information content (AvgIpc) is 2.63. The lowest BCUT2D eigenvalue weighted by Gasteiger charge is -2.12. The van der Waals surface area contributed by atoms with Gasteiger partial charge in [0.25, 0.3) is 0 Å². The molecule has 0 saturated carbocycles. The SMILES string of the molecule is N[C@@H]1CCN(Cc2cscn2)C1. The van der Waals surface area contributed by atoms with E-state index in [4.69, 9.17) is 5.73 Å². The van der Waals surface area contributed by atoms with Crippen molar-refractivity contribution in [1.29, 1.82) is 0 Å². The fourth-order valence-corrected chi connectivity index (χ4v) is 2.10. The van der Waals surface area contributed by atoms with Gasteiger partial charge in [-0.1, -0.05) is 0 Å². The van der Waals surface area contributed by atoms with E-state index in [1.54, 1.807) is 11.3 Å². The maximum absolute atomic E-state index is 5.79. The van der Waals surface area contributed by atoms with Gasteiger partial charge in [0.05, 0.1) is 11.2 Å². The molecular formula is C8H13N3S. The summed E-state index contributed by atoms with van der Waals surface area (Å²) in [5, 5.41) is 2.10. The zero-order chi connectivity index (χ0) is 8.39. The molecule has 12 heavy (non-hydrogen) atoms. The van der Waals surface area contributed by atoms with Crippen LogP contribution in [-0.4, -0.2) is 29.0 Å². The lowest BCUT2D eigenvalue weighted by molar-refractivity contribution is 0.323. The van der Waals surface area contributed by atoms with Gasteiger partial charge in [-0.2, -0.15) is 0 Å². The van der Waals surface area contributed by atoms with Gasteiger partial charge in [-0.25, -0.2) is 4.98 Å². The molecule has 1 aliphatic rings. The second-order valence-corrected chi connectivity index (χ2v) is 3.98. The van der Waals surface area contributed by atoms with Gasteiger partial charge >= 0.3 is 0 Å². The maximum Gasteiger partial charge on any atom is 0.0795 e. The molecule has 0 unspecified atom stereocenters. The molecule has 4 heteroatoms. The van der Waals surface area contributed by atoms with Gasteiger partial charge < -0.3 is 5.73 Å². The van der Waals surface area contributed by atoms with Crippen LogP contribution >= 0.6 is 11.3 Å². The molecule has 1 aliphatic heterocycles. The Morgan fingerprint density at radius 3 is 3.25 bits per heavy atom. The van der Waals surface area contributed by atoms with Gasteiger partial charge in [0, 0.05) is 31.1 Å². The van der Waals surface area contributed by atoms with Crippen LogP contribution in [0.25, 0.3) is 0 Å². The highest BCUT2D eigenvalue weighted by Crippen LogP contribution is 2.11. The molecule has 0 spiro atoms. The van der Waals surface area contributed by atoms with Gasteiger partial charge in [0.15, 0.2) is 0 Å². The summed E-state index contributed by atoms with van der Waals surface area (Å²) in [6.45, 7) is 3.12. The monoisotopic (exact) mass is 183 g/mol. The van der Waals surface area contributed by atoms with Crippen LogP contribution < -0.4 is 5.73 Å². The van der Waals surface area contributed by atoms with Crippen LogP contribution in [0.4, 0.5) is 0 Å². The summed E-state index contributed by atoms with van der Waals surface area (Å²) in [4.78, 5) is 6.60. The van der Waals surface area contributed by atoms with E-state index < -0.39 is 0 Å². The summed E-state index contributed by atoms with van der Waals surface area (Å²) < 4.78 is 0. The van der Waals surface area contributed by atoms with Crippen LogP contribution in [0.5, 0.6) is 0 Å². The van der Waals surface area contributed by atoms with E-state index in [0.29, 0.717) is 6.04 Å². The van der Waals surface area contributed by atoms with Crippen LogP contribution in [-0.2, 0) is 6.54 Å². The Bertz CT molecular complexity index is 234. The first-order valence-corrected chi connectivity index (χ1v) is 5.14. The fourth-order valence-electron chi connectivity index (χ4n) is 1.55. The molecule has 2 rings (SSSR count). The lowest BCUT2D eigenvalue weighted by atomic mass is 10.3. The lowest BCUT2D eigenvalue weighted by Crippen LogP contribution is -2.26. The highest BCUT2D eigenvalue weighted by molar-refractivity contribution is 7.07. The van der Waals surface area contributed by atoms with E-state index >= 15 is 0 Å². The van der Waals surface area contributed by atoms with Crippen molar-refractivity contribution in [2.24, 2.45) is 5.73 Å². The molecule has 0 radical (unpaired) electrons. The van der Waals surface area contributed by atoms with E-state index in [1.807, 2.05) is 5.51 Å². The van der Waals surface area contributed by atoms with E-state index in [-0.39, 0.29) is 0 Å². The van der Waals surface area contributed by atoms with E-state index in [0.717, 1.165) is 26.1 Å². The van der Waals surface area contributed by atoms with Crippen LogP contribution in [0.2, 0.25) is 0 Å². The second kappa shape index (κ2) is 3.51. The van der Waals surface area contributed by atoms with E-state index in [2.05, 4.69) is 15.3 Å². The average molecular weight is 183 g/mol. The summed E-state index contributed by atoms with van der Waals surface area (Å²) in [5.41, 5.74) is 8.85. The topological polar surface area (TPSA) is 42.1 Å². The Hall–Kier alpha value is -0.450. The number of hydrogen-bond acceptors (Lipinski definition) is 4. The molecule has 0 amide bonds. The van der Waals surface area contributed by atoms with E-state index in [1.165, 1.54) is 5.69 Å². The minimum absolute atomic E-state index is 0.378. The van der Waals surface area contributed by atoms with Crippen LogP contribution in [0, 0.1) is 0 Å². The highest BCUT2D eigenvalue weighted by atomic mass is 32.1. The third-order valence-corrected chi connectivity index (χ3v) is 2.81. The molecule has 2 heterocycles. The molecule has 1 aromatic heterocycles. The molecular weight excluding hydrogens is 170 g/mol. The second-order valence-electron chi connectivity index (χ2n) is 3.26. The molecule has 66 valence electrons. The molecule has 1 saturated heterocycles. The van der Waals surface area contributed by atoms with Crippen molar-refractivity contribution in [2.75, 3.05) is 13.1 Å². The number of rotatable bonds is 2. The van der Waals surface area contributed by atoms with Gasteiger partial charge in [-0.3, -0.25) is 4.90 Å². The van der Waals surface area contributed by atoms with Crippen LogP contribution in [0.1, 0.15) is 12.1 Å². The first-order chi connectivity index (χ1) is 5.84. The van der Waals surface area contributed by atoms with Crippen molar-refractivity contribution in [2.45, 2.75) is 19.0 Å². The van der Waals surface area contributed by atoms with Gasteiger partial charge in [-0.15, -0.1) is 11.3 Å². The molecule has 1 fully saturated rings. The fraction of sp³-hybridized carbons (Fsp3) is 0.625. The van der Waals surface area contributed by atoms with Crippen molar-refractivity contribution >= 4 is 11.3 Å². The molecule has 1 aromatic rings. The Labute approximate surface area is 76.2 Å². The quantitative estimate of drug-likeness (QED) is 0.733. The minimum Gasteiger partial charge on any atom is -0.326 e. The number of hydrogen-bond donors (Lipinski definition) is 1. The molecule has 0 bridgehead atoms. The third kappa shape index (κ3) is 1.83.